The molecule has 7 aromatic rings. The third-order valence-electron chi connectivity index (χ3n) is 7.92. The van der Waals surface area contributed by atoms with Crippen molar-refractivity contribution in [3.05, 3.63) is 114 Å². The Balaban J connectivity index is 0.000000212. The molecule has 254 valence electrons. The zero-order valence-electron chi connectivity index (χ0n) is 28.2. The molecule has 5 heterocycles. The summed E-state index contributed by atoms with van der Waals surface area (Å²) in [5.74, 6) is 1.05. The predicted octanol–water partition coefficient (Wildman–Crippen LogP) is 6.47. The number of fused-ring (bicyclic) bond motifs is 2. The lowest BCUT2D eigenvalue weighted by Crippen LogP contribution is -2.27. The van der Waals surface area contributed by atoms with Crippen LogP contribution in [-0.4, -0.2) is 70.9 Å². The van der Waals surface area contributed by atoms with Crippen LogP contribution in [0.3, 0.4) is 0 Å². The number of aromatic nitrogens is 7. The molecule has 1 amide bonds. The number of imidazole rings is 1. The summed E-state index contributed by atoms with van der Waals surface area (Å²) in [6.45, 7) is 3.86. The molecule has 7 rings (SSSR count). The summed E-state index contributed by atoms with van der Waals surface area (Å²) in [5.41, 5.74) is 6.68. The first-order chi connectivity index (χ1) is 24.1. The van der Waals surface area contributed by atoms with E-state index in [4.69, 9.17) is 26.1 Å². The lowest BCUT2D eigenvalue weighted by atomic mass is 10.0. The van der Waals surface area contributed by atoms with Gasteiger partial charge in [0.05, 0.1) is 34.5 Å². The quantitative estimate of drug-likeness (QED) is 0.190. The van der Waals surface area contributed by atoms with Gasteiger partial charge in [0.15, 0.2) is 6.61 Å². The van der Waals surface area contributed by atoms with Crippen LogP contribution in [0.2, 0.25) is 5.02 Å². The van der Waals surface area contributed by atoms with Crippen LogP contribution < -0.4 is 9.47 Å². The molecule has 0 aliphatic carbocycles. The number of benzene rings is 2. The maximum atomic E-state index is 11.9. The summed E-state index contributed by atoms with van der Waals surface area (Å²) < 4.78 is 15.6. The fraction of sp³-hybridized carbons (Fsp3) is 0.189. The van der Waals surface area contributed by atoms with E-state index in [1.807, 2.05) is 84.9 Å². The summed E-state index contributed by atoms with van der Waals surface area (Å²) in [6.07, 6.45) is 10.2. The van der Waals surface area contributed by atoms with Gasteiger partial charge in [0.25, 0.3) is 5.91 Å². The molecule has 0 aliphatic heterocycles. The summed E-state index contributed by atoms with van der Waals surface area (Å²) in [6, 6.07) is 17.2. The van der Waals surface area contributed by atoms with Crippen molar-refractivity contribution >= 4 is 39.3 Å². The van der Waals surface area contributed by atoms with Crippen LogP contribution >= 0.6 is 11.6 Å². The molecule has 0 saturated heterocycles. The highest BCUT2D eigenvalue weighted by Crippen LogP contribution is 2.34. The number of rotatable bonds is 8. The zero-order chi connectivity index (χ0) is 35.4. The van der Waals surface area contributed by atoms with E-state index >= 15 is 0 Å². The molecule has 50 heavy (non-hydrogen) atoms. The maximum Gasteiger partial charge on any atom is 0.259 e. The number of likely N-dealkylation sites (N-methyl/N-ethyl adjacent to an activating group) is 1. The van der Waals surface area contributed by atoms with Crippen molar-refractivity contribution in [3.8, 4) is 34.2 Å². The Morgan fingerprint density at radius 1 is 0.900 bits per heavy atom. The Labute approximate surface area is 293 Å². The number of hydrogen-bond acceptors (Lipinski definition) is 9. The van der Waals surface area contributed by atoms with Gasteiger partial charge in [-0.3, -0.25) is 14.5 Å². The van der Waals surface area contributed by atoms with Gasteiger partial charge in [-0.1, -0.05) is 35.9 Å². The average Bonchev–Trinajstić information content (AvgIpc) is 3.79. The molecule has 0 unspecified atom stereocenters. The predicted molar refractivity (Wildman–Crippen MR) is 192 cm³/mol. The summed E-state index contributed by atoms with van der Waals surface area (Å²) >= 11 is 6.38. The van der Waals surface area contributed by atoms with E-state index < -0.39 is 0 Å². The Morgan fingerprint density at radius 2 is 1.66 bits per heavy atom. The summed E-state index contributed by atoms with van der Waals surface area (Å²) in [5, 5.41) is 16.4. The van der Waals surface area contributed by atoms with Crippen LogP contribution in [0.4, 0.5) is 0 Å². The number of hydrogen-bond donors (Lipinski definition) is 1. The van der Waals surface area contributed by atoms with Crippen molar-refractivity contribution < 1.29 is 19.4 Å². The van der Waals surface area contributed by atoms with Crippen LogP contribution in [0, 0.1) is 13.8 Å². The molecule has 0 bridgehead atoms. The minimum absolute atomic E-state index is 0.120. The molecule has 0 aliphatic rings. The van der Waals surface area contributed by atoms with Crippen LogP contribution in [0.5, 0.6) is 17.2 Å². The van der Waals surface area contributed by atoms with E-state index in [2.05, 4.69) is 20.1 Å². The molecule has 0 saturated carbocycles. The Bertz CT molecular complexity index is 2300. The first kappa shape index (κ1) is 33.9. The number of ether oxygens (including phenoxy) is 2. The molecule has 2 aromatic carbocycles. The number of amides is 1. The second-order valence-corrected chi connectivity index (χ2v) is 12.1. The monoisotopic (exact) mass is 690 g/mol. The van der Waals surface area contributed by atoms with E-state index in [-0.39, 0.29) is 24.9 Å². The van der Waals surface area contributed by atoms with Gasteiger partial charge in [-0.15, -0.1) is 0 Å². The van der Waals surface area contributed by atoms with Crippen molar-refractivity contribution in [3.63, 3.8) is 0 Å². The van der Waals surface area contributed by atoms with Crippen LogP contribution in [-0.2, 0) is 18.4 Å². The van der Waals surface area contributed by atoms with Crippen LogP contribution in [0.15, 0.2) is 91.9 Å². The Morgan fingerprint density at radius 3 is 2.40 bits per heavy atom. The number of phenols is 1. The van der Waals surface area contributed by atoms with Gasteiger partial charge in [-0.2, -0.15) is 5.10 Å². The molecule has 0 spiro atoms. The van der Waals surface area contributed by atoms with Gasteiger partial charge < -0.3 is 24.0 Å². The minimum atomic E-state index is -0.168. The smallest absolute Gasteiger partial charge is 0.259 e. The van der Waals surface area contributed by atoms with E-state index in [0.29, 0.717) is 27.6 Å². The minimum Gasteiger partial charge on any atom is -0.506 e. The Hall–Kier alpha value is -6.01. The number of halogens is 1. The molecule has 5 aromatic heterocycles. The van der Waals surface area contributed by atoms with Crippen molar-refractivity contribution in [2.75, 3.05) is 20.7 Å². The van der Waals surface area contributed by atoms with Gasteiger partial charge in [0, 0.05) is 73.7 Å². The lowest BCUT2D eigenvalue weighted by molar-refractivity contribution is -0.130. The highest BCUT2D eigenvalue weighted by atomic mass is 35.5. The molecule has 0 atom stereocenters. The Kier molecular flexibility index (Phi) is 9.91. The number of aromatic hydroxyl groups is 1. The fourth-order valence-electron chi connectivity index (χ4n) is 5.40. The second-order valence-electron chi connectivity index (χ2n) is 11.7. The van der Waals surface area contributed by atoms with Gasteiger partial charge >= 0.3 is 0 Å². The number of pyridine rings is 3. The number of aryl methyl sites for hydroxylation is 3. The average molecular weight is 691 g/mol. The molecular formula is C37H35ClN8O4. The number of nitrogens with zero attached hydrogens (tertiary/aromatic N) is 8. The second kappa shape index (κ2) is 14.6. The van der Waals surface area contributed by atoms with Gasteiger partial charge in [-0.05, 0) is 44.2 Å². The maximum absolute atomic E-state index is 11.9. The summed E-state index contributed by atoms with van der Waals surface area (Å²) in [4.78, 5) is 30.6. The lowest BCUT2D eigenvalue weighted by Gasteiger charge is -2.16. The van der Waals surface area contributed by atoms with Gasteiger partial charge in [0.1, 0.15) is 34.9 Å². The van der Waals surface area contributed by atoms with E-state index in [1.54, 1.807) is 38.9 Å². The molecular weight excluding hydrogens is 656 g/mol. The SMILES string of the molecule is Cc1cc(-c2ccnn2C)c2cccc(OCc3c(Cl)cncc3OCC(=O)N(C)C)c2n1.Cc1cc(-n2ccnc2)c2cccc(O)c2n1. The fourth-order valence-corrected chi connectivity index (χ4v) is 5.60. The highest BCUT2D eigenvalue weighted by molar-refractivity contribution is 6.31. The van der Waals surface area contributed by atoms with Crippen LogP contribution in [0.1, 0.15) is 17.0 Å². The standard InChI is InChI=1S/C24H24ClN5O3.C13H11N3O/c1-15-10-17(20-8-9-27-30(20)4)16-6-5-7-21(24(16)28-15)32-13-18-19(25)11-26-12-22(18)33-14-23(31)29(2)3;1-9-7-11(16-6-5-14-8-16)10-3-2-4-12(17)13(10)15-9/h5-12H,13-14H2,1-4H3;2-8,17H,1H3. The number of carbonyl (C=O) groups excluding carboxylic acids is 1. The number of para-hydroxylation sites is 2. The highest BCUT2D eigenvalue weighted by Gasteiger charge is 2.16. The normalized spacial score (nSPS) is 10.9. The van der Waals surface area contributed by atoms with Crippen molar-refractivity contribution in [1.82, 2.24) is 39.2 Å². The molecule has 1 N–H and O–H groups in total. The molecule has 0 fully saturated rings. The molecule has 12 nitrogen and oxygen atoms in total. The third-order valence-corrected chi connectivity index (χ3v) is 8.25. The van der Waals surface area contributed by atoms with E-state index in [9.17, 15) is 9.90 Å². The van der Waals surface area contributed by atoms with Gasteiger partial charge in [0.2, 0.25) is 0 Å². The third kappa shape index (κ3) is 7.20. The van der Waals surface area contributed by atoms with Crippen molar-refractivity contribution in [1.29, 1.82) is 0 Å². The number of phenolic OH excluding ortho intramolecular Hbond substituents is 1. The van der Waals surface area contributed by atoms with Crippen molar-refractivity contribution in [2.45, 2.75) is 20.5 Å². The summed E-state index contributed by atoms with van der Waals surface area (Å²) in [7, 11) is 5.24. The largest absolute Gasteiger partial charge is 0.506 e. The first-order valence-electron chi connectivity index (χ1n) is 15.6. The van der Waals surface area contributed by atoms with Crippen molar-refractivity contribution in [2.24, 2.45) is 7.05 Å². The molecule has 13 heteroatoms. The topological polar surface area (TPSA) is 133 Å². The first-order valence-corrected chi connectivity index (χ1v) is 16.0. The van der Waals surface area contributed by atoms with E-state index in [1.165, 1.54) is 17.3 Å². The number of carbonyl (C=O) groups is 1. The van der Waals surface area contributed by atoms with Crippen LogP contribution in [0.25, 0.3) is 38.8 Å². The molecule has 0 radical (unpaired) electrons. The van der Waals surface area contributed by atoms with Gasteiger partial charge in [-0.25, -0.2) is 15.0 Å². The zero-order valence-corrected chi connectivity index (χ0v) is 29.0. The van der Waals surface area contributed by atoms with E-state index in [0.717, 1.165) is 44.6 Å².